The summed E-state index contributed by atoms with van der Waals surface area (Å²) >= 11 is 0. The lowest BCUT2D eigenvalue weighted by atomic mass is 9.80. The first-order valence-electron chi connectivity index (χ1n) is 10.6. The minimum Gasteiger partial charge on any atom is -0.496 e. The molecule has 2 aromatic rings. The molecule has 2 fully saturated rings. The van der Waals surface area contributed by atoms with Gasteiger partial charge in [-0.05, 0) is 49.6 Å². The molecule has 1 N–H and O–H groups in total. The molecule has 1 aliphatic carbocycles. The summed E-state index contributed by atoms with van der Waals surface area (Å²) in [6.07, 6.45) is 8.17. The lowest BCUT2D eigenvalue weighted by Crippen LogP contribution is -2.70. The van der Waals surface area contributed by atoms with Gasteiger partial charge in [0.1, 0.15) is 5.75 Å². The van der Waals surface area contributed by atoms with Crippen LogP contribution in [0.4, 0.5) is 5.69 Å². The molecule has 5 heteroatoms. The largest absolute Gasteiger partial charge is 0.496 e. The number of methoxy groups -OCH3 is 1. The second kappa shape index (κ2) is 8.34. The highest BCUT2D eigenvalue weighted by molar-refractivity contribution is 6.15. The molecule has 1 heterocycles. The highest BCUT2D eigenvalue weighted by Gasteiger charge is 2.56. The van der Waals surface area contributed by atoms with Crippen LogP contribution >= 0.6 is 0 Å². The molecular weight excluding hydrogens is 376 g/mol. The predicted molar refractivity (Wildman–Crippen MR) is 118 cm³/mol. The van der Waals surface area contributed by atoms with Crippen LogP contribution in [0.2, 0.25) is 0 Å². The van der Waals surface area contributed by atoms with Crippen molar-refractivity contribution in [2.75, 3.05) is 12.0 Å². The van der Waals surface area contributed by atoms with Crippen molar-refractivity contribution in [2.24, 2.45) is 0 Å². The molecule has 0 aromatic heterocycles. The average Bonchev–Trinajstić information content (AvgIpc) is 3.24. The van der Waals surface area contributed by atoms with Crippen molar-refractivity contribution in [3.63, 3.8) is 0 Å². The number of anilines is 1. The minimum absolute atomic E-state index is 0.0492. The Morgan fingerprint density at radius 1 is 1.17 bits per heavy atom. The molecular formula is C25H28N2O3. The molecule has 1 atom stereocenters. The van der Waals surface area contributed by atoms with Crippen molar-refractivity contribution < 1.29 is 14.3 Å². The van der Waals surface area contributed by atoms with Crippen LogP contribution in [-0.4, -0.2) is 30.5 Å². The molecule has 1 saturated carbocycles. The van der Waals surface area contributed by atoms with Crippen LogP contribution in [0.15, 0.2) is 54.6 Å². The lowest BCUT2D eigenvalue weighted by molar-refractivity contribution is -0.137. The van der Waals surface area contributed by atoms with Crippen LogP contribution in [0, 0.1) is 6.92 Å². The van der Waals surface area contributed by atoms with Crippen LogP contribution < -0.4 is 15.0 Å². The SMILES string of the molecule is COc1ccccc1/C=C/[C@]1(C(=O)NC2CCCC2)CC(=O)N1c1cccc(C)c1. The molecule has 30 heavy (non-hydrogen) atoms. The van der Waals surface area contributed by atoms with E-state index < -0.39 is 5.54 Å². The number of rotatable bonds is 6. The summed E-state index contributed by atoms with van der Waals surface area (Å²) in [4.78, 5) is 27.9. The van der Waals surface area contributed by atoms with Gasteiger partial charge < -0.3 is 10.1 Å². The number of carbonyl (C=O) groups is 2. The number of nitrogens with one attached hydrogen (secondary N) is 1. The number of para-hydroxylation sites is 1. The lowest BCUT2D eigenvalue weighted by Gasteiger charge is -2.49. The van der Waals surface area contributed by atoms with E-state index in [0.29, 0.717) is 0 Å². The Kier molecular flexibility index (Phi) is 5.62. The molecule has 0 bridgehead atoms. The second-order valence-corrected chi connectivity index (χ2v) is 8.20. The van der Waals surface area contributed by atoms with Crippen molar-refractivity contribution in [1.29, 1.82) is 0 Å². The standard InChI is InChI=1S/C25H28N2O3/c1-18-8-7-12-21(16-18)27-23(28)17-25(27,24(29)26-20-10-4-5-11-20)15-14-19-9-3-6-13-22(19)30-2/h3,6-9,12-16,20H,4-5,10-11,17H2,1-2H3,(H,26,29)/b15-14+/t25-/m1/s1. The predicted octanol–water partition coefficient (Wildman–Crippen LogP) is 4.25. The number of aryl methyl sites for hydroxylation is 1. The van der Waals surface area contributed by atoms with E-state index in [9.17, 15) is 9.59 Å². The van der Waals surface area contributed by atoms with Gasteiger partial charge >= 0.3 is 0 Å². The van der Waals surface area contributed by atoms with E-state index in [0.717, 1.165) is 48.2 Å². The highest BCUT2D eigenvalue weighted by atomic mass is 16.5. The molecule has 0 unspecified atom stereocenters. The first kappa shape index (κ1) is 20.2. The summed E-state index contributed by atoms with van der Waals surface area (Å²) in [5.41, 5.74) is 1.63. The minimum atomic E-state index is -1.03. The third-order valence-corrected chi connectivity index (χ3v) is 6.09. The first-order chi connectivity index (χ1) is 14.5. The zero-order valence-electron chi connectivity index (χ0n) is 17.6. The van der Waals surface area contributed by atoms with Gasteiger partial charge in [0.25, 0.3) is 5.91 Å². The van der Waals surface area contributed by atoms with Gasteiger partial charge in [0.05, 0.1) is 13.5 Å². The van der Waals surface area contributed by atoms with Crippen LogP contribution in [0.5, 0.6) is 5.75 Å². The number of amides is 2. The summed E-state index contributed by atoms with van der Waals surface area (Å²) in [7, 11) is 1.63. The van der Waals surface area contributed by atoms with Crippen LogP contribution in [0.25, 0.3) is 6.08 Å². The van der Waals surface area contributed by atoms with Crippen molar-refractivity contribution >= 4 is 23.6 Å². The van der Waals surface area contributed by atoms with Crippen molar-refractivity contribution in [3.8, 4) is 5.75 Å². The third-order valence-electron chi connectivity index (χ3n) is 6.09. The zero-order valence-corrected chi connectivity index (χ0v) is 17.6. The Labute approximate surface area is 177 Å². The third kappa shape index (κ3) is 3.72. The van der Waals surface area contributed by atoms with Gasteiger partial charge in [-0.3, -0.25) is 14.5 Å². The van der Waals surface area contributed by atoms with E-state index >= 15 is 0 Å². The van der Waals surface area contributed by atoms with Gasteiger partial charge in [0, 0.05) is 17.3 Å². The number of benzene rings is 2. The van der Waals surface area contributed by atoms with Gasteiger partial charge in [-0.1, -0.05) is 49.2 Å². The van der Waals surface area contributed by atoms with Crippen molar-refractivity contribution in [1.82, 2.24) is 5.32 Å². The summed E-state index contributed by atoms with van der Waals surface area (Å²) in [5.74, 6) is 0.571. The van der Waals surface area contributed by atoms with E-state index in [1.165, 1.54) is 0 Å². The summed E-state index contributed by atoms with van der Waals surface area (Å²) < 4.78 is 5.45. The van der Waals surface area contributed by atoms with Crippen LogP contribution in [0.1, 0.15) is 43.2 Å². The van der Waals surface area contributed by atoms with Gasteiger partial charge in [-0.15, -0.1) is 0 Å². The number of nitrogens with zero attached hydrogens (tertiary/aromatic N) is 1. The van der Waals surface area contributed by atoms with Gasteiger partial charge in [0.2, 0.25) is 5.91 Å². The summed E-state index contributed by atoms with van der Waals surface area (Å²) in [6, 6.07) is 15.6. The van der Waals surface area contributed by atoms with E-state index in [1.54, 1.807) is 12.0 Å². The molecule has 0 radical (unpaired) electrons. The molecule has 1 saturated heterocycles. The topological polar surface area (TPSA) is 58.6 Å². The quantitative estimate of drug-likeness (QED) is 0.732. The molecule has 156 valence electrons. The fourth-order valence-electron chi connectivity index (χ4n) is 4.46. The number of β-lactam (4-membered cyclic amide) rings is 1. The Balaban J connectivity index is 1.72. The highest BCUT2D eigenvalue weighted by Crippen LogP contribution is 2.40. The Bertz CT molecular complexity index is 978. The van der Waals surface area contributed by atoms with E-state index in [2.05, 4.69) is 5.32 Å². The monoisotopic (exact) mass is 404 g/mol. The molecule has 2 aliphatic rings. The summed E-state index contributed by atoms with van der Waals surface area (Å²) in [6.45, 7) is 1.98. The van der Waals surface area contributed by atoms with E-state index in [-0.39, 0.29) is 24.3 Å². The average molecular weight is 405 g/mol. The number of ether oxygens (including phenoxy) is 1. The fourth-order valence-corrected chi connectivity index (χ4v) is 4.46. The van der Waals surface area contributed by atoms with E-state index in [4.69, 9.17) is 4.74 Å². The Morgan fingerprint density at radius 2 is 1.93 bits per heavy atom. The zero-order chi connectivity index (χ0) is 21.1. The first-order valence-corrected chi connectivity index (χ1v) is 10.6. The molecule has 5 nitrogen and oxygen atoms in total. The smallest absolute Gasteiger partial charge is 0.251 e. The maximum Gasteiger partial charge on any atom is 0.251 e. The molecule has 2 amide bonds. The molecule has 0 spiro atoms. The Hall–Kier alpha value is -3.08. The second-order valence-electron chi connectivity index (χ2n) is 8.20. The van der Waals surface area contributed by atoms with Gasteiger partial charge in [-0.2, -0.15) is 0 Å². The maximum atomic E-state index is 13.5. The Morgan fingerprint density at radius 3 is 2.63 bits per heavy atom. The fraction of sp³-hybridized carbons (Fsp3) is 0.360. The molecule has 2 aromatic carbocycles. The molecule has 1 aliphatic heterocycles. The van der Waals surface area contributed by atoms with Crippen LogP contribution in [-0.2, 0) is 9.59 Å². The summed E-state index contributed by atoms with van der Waals surface area (Å²) in [5, 5.41) is 3.21. The van der Waals surface area contributed by atoms with E-state index in [1.807, 2.05) is 67.6 Å². The molecule has 4 rings (SSSR count). The maximum absolute atomic E-state index is 13.5. The van der Waals surface area contributed by atoms with Gasteiger partial charge in [-0.25, -0.2) is 0 Å². The number of hydrogen-bond acceptors (Lipinski definition) is 3. The number of hydrogen-bond donors (Lipinski definition) is 1. The van der Waals surface area contributed by atoms with Crippen LogP contribution in [0.3, 0.4) is 0 Å². The number of carbonyl (C=O) groups excluding carboxylic acids is 2. The normalized spacial score (nSPS) is 21.7. The van der Waals surface area contributed by atoms with Crippen molar-refractivity contribution in [3.05, 3.63) is 65.7 Å². The van der Waals surface area contributed by atoms with Crippen molar-refractivity contribution in [2.45, 2.75) is 50.6 Å². The van der Waals surface area contributed by atoms with Gasteiger partial charge in [0.15, 0.2) is 5.54 Å².